The van der Waals surface area contributed by atoms with Gasteiger partial charge in [0.15, 0.2) is 5.96 Å². The number of nitrogens with zero attached hydrogens (tertiary/aromatic N) is 2. The number of hydrogen-bond donors (Lipinski definition) is 4. The van der Waals surface area contributed by atoms with Gasteiger partial charge in [0.25, 0.3) is 5.69 Å². The van der Waals surface area contributed by atoms with Crippen LogP contribution in [0.4, 0.5) is 11.4 Å². The number of rotatable bonds is 9. The van der Waals surface area contributed by atoms with Gasteiger partial charge in [-0.2, -0.15) is 0 Å². The molecule has 29 heavy (non-hydrogen) atoms. The average Bonchev–Trinajstić information content (AvgIpc) is 2.70. The van der Waals surface area contributed by atoms with Gasteiger partial charge in [-0.3, -0.25) is 10.1 Å². The number of nitrogens with one attached hydrogen (secondary N) is 3. The number of nitro benzene ring substituents is 1. The number of halogens is 1. The lowest BCUT2D eigenvalue weighted by atomic mass is 9.96. The molecule has 0 spiro atoms. The van der Waals surface area contributed by atoms with E-state index in [1.165, 1.54) is 12.1 Å². The van der Waals surface area contributed by atoms with E-state index < -0.39 is 10.5 Å². The zero-order chi connectivity index (χ0) is 20.4. The van der Waals surface area contributed by atoms with E-state index in [9.17, 15) is 15.2 Å². The second-order valence-corrected chi connectivity index (χ2v) is 6.49. The van der Waals surface area contributed by atoms with Gasteiger partial charge in [-0.25, -0.2) is 4.99 Å². The van der Waals surface area contributed by atoms with Crippen molar-refractivity contribution in [2.45, 2.75) is 19.4 Å². The molecule has 158 valence electrons. The summed E-state index contributed by atoms with van der Waals surface area (Å²) in [6, 6.07) is 15.7. The lowest BCUT2D eigenvalue weighted by Crippen LogP contribution is -2.40. The van der Waals surface area contributed by atoms with Crippen LogP contribution in [0, 0.1) is 10.1 Å². The molecular weight excluding hydrogens is 485 g/mol. The molecule has 0 saturated carbocycles. The zero-order valence-corrected chi connectivity index (χ0v) is 18.9. The molecule has 2 aromatic carbocycles. The van der Waals surface area contributed by atoms with E-state index in [-0.39, 0.29) is 36.2 Å². The molecule has 0 amide bonds. The summed E-state index contributed by atoms with van der Waals surface area (Å²) < 4.78 is 0. The molecule has 0 fully saturated rings. The van der Waals surface area contributed by atoms with Crippen LogP contribution in [-0.4, -0.2) is 42.2 Å². The lowest BCUT2D eigenvalue weighted by molar-refractivity contribution is -0.384. The van der Waals surface area contributed by atoms with Crippen molar-refractivity contribution in [3.8, 4) is 0 Å². The summed E-state index contributed by atoms with van der Waals surface area (Å²) in [6.45, 7) is 5.85. The fourth-order valence-electron chi connectivity index (χ4n) is 2.55. The molecule has 4 N–H and O–H groups in total. The molecule has 0 aliphatic rings. The SMILES string of the molecule is CCNC(=NCC(C)(O)c1ccccc1)NCCNc1ccc([N+](=O)[O-])cc1.I. The van der Waals surface area contributed by atoms with Gasteiger partial charge < -0.3 is 21.1 Å². The summed E-state index contributed by atoms with van der Waals surface area (Å²) in [6.07, 6.45) is 0. The Bertz CT molecular complexity index is 782. The predicted octanol–water partition coefficient (Wildman–Crippen LogP) is 3.09. The monoisotopic (exact) mass is 513 g/mol. The number of guanidine groups is 1. The molecule has 0 bridgehead atoms. The first-order valence-corrected chi connectivity index (χ1v) is 9.21. The quantitative estimate of drug-likeness (QED) is 0.102. The van der Waals surface area contributed by atoms with E-state index in [1.807, 2.05) is 37.3 Å². The summed E-state index contributed by atoms with van der Waals surface area (Å²) in [5.74, 6) is 0.615. The highest BCUT2D eigenvalue weighted by atomic mass is 127. The Morgan fingerprint density at radius 3 is 2.34 bits per heavy atom. The van der Waals surface area contributed by atoms with Crippen molar-refractivity contribution in [1.29, 1.82) is 0 Å². The smallest absolute Gasteiger partial charge is 0.269 e. The standard InChI is InChI=1S/C20H27N5O3.HI/c1-3-21-19(24-15-20(2,26)16-7-5-4-6-8-16)23-14-13-22-17-9-11-18(12-10-17)25(27)28;/h4-12,22,26H,3,13-15H2,1-2H3,(H2,21,23,24);1H. The molecule has 1 atom stereocenters. The van der Waals surface area contributed by atoms with Crippen LogP contribution in [0.2, 0.25) is 0 Å². The normalized spacial score (nSPS) is 13.0. The predicted molar refractivity (Wildman–Crippen MR) is 127 cm³/mol. The highest BCUT2D eigenvalue weighted by molar-refractivity contribution is 14.0. The van der Waals surface area contributed by atoms with Gasteiger partial charge in [0.2, 0.25) is 0 Å². The molecule has 2 aromatic rings. The molecule has 0 aliphatic heterocycles. The highest BCUT2D eigenvalue weighted by Crippen LogP contribution is 2.20. The van der Waals surface area contributed by atoms with Crippen LogP contribution in [0.15, 0.2) is 59.6 Å². The van der Waals surface area contributed by atoms with Gasteiger partial charge >= 0.3 is 0 Å². The lowest BCUT2D eigenvalue weighted by Gasteiger charge is -2.22. The third kappa shape index (κ3) is 8.24. The van der Waals surface area contributed by atoms with Crippen LogP contribution in [0.5, 0.6) is 0 Å². The van der Waals surface area contributed by atoms with Crippen molar-refractivity contribution >= 4 is 41.3 Å². The fourth-order valence-corrected chi connectivity index (χ4v) is 2.55. The Labute approximate surface area is 188 Å². The number of aliphatic imine (C=N–C) groups is 1. The van der Waals surface area contributed by atoms with Crippen LogP contribution >= 0.6 is 24.0 Å². The van der Waals surface area contributed by atoms with Gasteiger partial charge in [-0.05, 0) is 31.5 Å². The summed E-state index contributed by atoms with van der Waals surface area (Å²) in [5.41, 5.74) is 0.632. The van der Waals surface area contributed by atoms with Gasteiger partial charge in [0, 0.05) is 37.5 Å². The highest BCUT2D eigenvalue weighted by Gasteiger charge is 2.22. The largest absolute Gasteiger partial charge is 0.384 e. The molecule has 0 aromatic heterocycles. The molecule has 0 aliphatic carbocycles. The minimum Gasteiger partial charge on any atom is -0.384 e. The molecule has 0 heterocycles. The van der Waals surface area contributed by atoms with E-state index in [0.29, 0.717) is 25.6 Å². The molecule has 2 rings (SSSR count). The summed E-state index contributed by atoms with van der Waals surface area (Å²) >= 11 is 0. The molecule has 0 radical (unpaired) electrons. The number of anilines is 1. The topological polar surface area (TPSA) is 112 Å². The maximum absolute atomic E-state index is 10.7. The van der Waals surface area contributed by atoms with Crippen molar-refractivity contribution < 1.29 is 10.0 Å². The van der Waals surface area contributed by atoms with Crippen LogP contribution in [0.3, 0.4) is 0 Å². The second-order valence-electron chi connectivity index (χ2n) is 6.49. The fraction of sp³-hybridized carbons (Fsp3) is 0.350. The number of nitro groups is 1. The summed E-state index contributed by atoms with van der Waals surface area (Å²) in [7, 11) is 0. The Morgan fingerprint density at radius 2 is 1.76 bits per heavy atom. The van der Waals surface area contributed by atoms with Crippen LogP contribution in [-0.2, 0) is 5.60 Å². The van der Waals surface area contributed by atoms with Gasteiger partial charge in [-0.1, -0.05) is 30.3 Å². The van der Waals surface area contributed by atoms with Crippen molar-refractivity contribution in [2.24, 2.45) is 4.99 Å². The Kier molecular flexibility index (Phi) is 10.4. The number of hydrogen-bond acceptors (Lipinski definition) is 5. The van der Waals surface area contributed by atoms with E-state index in [4.69, 9.17) is 0 Å². The van der Waals surface area contributed by atoms with Crippen molar-refractivity contribution in [3.05, 3.63) is 70.3 Å². The zero-order valence-electron chi connectivity index (χ0n) is 16.6. The Hall–Kier alpha value is -2.40. The van der Waals surface area contributed by atoms with Crippen LogP contribution < -0.4 is 16.0 Å². The Morgan fingerprint density at radius 1 is 1.10 bits per heavy atom. The number of non-ortho nitro benzene ring substituents is 1. The van der Waals surface area contributed by atoms with E-state index in [1.54, 1.807) is 19.1 Å². The molecule has 8 nitrogen and oxygen atoms in total. The van der Waals surface area contributed by atoms with Gasteiger partial charge in [-0.15, -0.1) is 24.0 Å². The maximum atomic E-state index is 10.7. The minimum atomic E-state index is -1.05. The molecule has 1 unspecified atom stereocenters. The average molecular weight is 513 g/mol. The third-order valence-electron chi connectivity index (χ3n) is 4.11. The Balaban J connectivity index is 0.00000420. The molecular formula is C20H28IN5O3. The van der Waals surface area contributed by atoms with E-state index >= 15 is 0 Å². The first kappa shape index (κ1) is 24.6. The van der Waals surface area contributed by atoms with E-state index in [0.717, 1.165) is 11.3 Å². The van der Waals surface area contributed by atoms with Crippen LogP contribution in [0.1, 0.15) is 19.4 Å². The number of aliphatic hydroxyl groups is 1. The molecule has 9 heteroatoms. The van der Waals surface area contributed by atoms with Crippen molar-refractivity contribution in [3.63, 3.8) is 0 Å². The van der Waals surface area contributed by atoms with Crippen LogP contribution in [0.25, 0.3) is 0 Å². The summed E-state index contributed by atoms with van der Waals surface area (Å²) in [5, 5.41) is 30.9. The van der Waals surface area contributed by atoms with Gasteiger partial charge in [0.05, 0.1) is 11.5 Å². The minimum absolute atomic E-state index is 0. The second kappa shape index (κ2) is 12.2. The van der Waals surface area contributed by atoms with Crippen molar-refractivity contribution in [2.75, 3.05) is 31.5 Å². The third-order valence-corrected chi connectivity index (χ3v) is 4.11. The summed E-state index contributed by atoms with van der Waals surface area (Å²) in [4.78, 5) is 14.7. The maximum Gasteiger partial charge on any atom is 0.269 e. The van der Waals surface area contributed by atoms with Gasteiger partial charge in [0.1, 0.15) is 5.60 Å². The first-order chi connectivity index (χ1) is 13.4. The van der Waals surface area contributed by atoms with Crippen molar-refractivity contribution in [1.82, 2.24) is 10.6 Å². The number of benzene rings is 2. The first-order valence-electron chi connectivity index (χ1n) is 9.21. The van der Waals surface area contributed by atoms with E-state index in [2.05, 4.69) is 20.9 Å². The molecule has 0 saturated heterocycles.